The number of nitrogens with zero attached hydrogens (tertiary/aromatic N) is 3. The minimum absolute atomic E-state index is 0. The number of guanidine groups is 1. The molecule has 0 aliphatic rings. The highest BCUT2D eigenvalue weighted by Crippen LogP contribution is 2.26. The molecule has 0 aliphatic carbocycles. The average molecular weight is 521 g/mol. The number of hydrogen-bond donors (Lipinski definition) is 2. The second-order valence-corrected chi connectivity index (χ2v) is 6.50. The molecule has 8 heteroatoms. The van der Waals surface area contributed by atoms with E-state index in [2.05, 4.69) is 32.9 Å². The minimum atomic E-state index is -0.0572. The lowest BCUT2D eigenvalue weighted by atomic mass is 10.2. The van der Waals surface area contributed by atoms with Crippen LogP contribution in [0.5, 0.6) is 11.5 Å². The Kier molecular flexibility index (Phi) is 9.46. The van der Waals surface area contributed by atoms with E-state index < -0.39 is 0 Å². The summed E-state index contributed by atoms with van der Waals surface area (Å²) >= 11 is 0. The van der Waals surface area contributed by atoms with Crippen molar-refractivity contribution >= 4 is 29.9 Å². The van der Waals surface area contributed by atoms with Gasteiger partial charge in [-0.1, -0.05) is 24.3 Å². The number of methoxy groups -OCH3 is 1. The molecule has 0 amide bonds. The molecule has 0 fully saturated rings. The molecule has 0 saturated heterocycles. The van der Waals surface area contributed by atoms with Crippen molar-refractivity contribution in [1.29, 1.82) is 0 Å². The van der Waals surface area contributed by atoms with Crippen LogP contribution in [-0.4, -0.2) is 42.5 Å². The first-order chi connectivity index (χ1) is 14.2. The molecule has 0 bridgehead atoms. The van der Waals surface area contributed by atoms with E-state index in [0.717, 1.165) is 28.7 Å². The van der Waals surface area contributed by atoms with E-state index in [0.29, 0.717) is 13.1 Å². The number of hydrogen-bond acceptors (Lipinski definition) is 4. The fourth-order valence-corrected chi connectivity index (χ4v) is 2.81. The van der Waals surface area contributed by atoms with Crippen LogP contribution in [0, 0.1) is 0 Å². The fourth-order valence-electron chi connectivity index (χ4n) is 2.81. The molecular weight excluding hydrogens is 493 g/mol. The van der Waals surface area contributed by atoms with Gasteiger partial charge in [-0.15, -0.1) is 24.0 Å². The standard InChI is InChI=1S/C22H27N5O2.HI/c1-17(29-21-8-5-4-7-20(21)28-3)15-24-22(23-2)25-16-18-9-11-19(12-10-18)27-14-6-13-26-27;/h4-14,17H,15-16H2,1-3H3,(H2,23,24,25);1H. The summed E-state index contributed by atoms with van der Waals surface area (Å²) in [5, 5.41) is 10.8. The summed E-state index contributed by atoms with van der Waals surface area (Å²) in [7, 11) is 3.39. The molecule has 2 N–H and O–H groups in total. The Balaban J connectivity index is 0.00000320. The molecule has 0 aliphatic heterocycles. The number of para-hydroxylation sites is 2. The van der Waals surface area contributed by atoms with E-state index in [4.69, 9.17) is 9.47 Å². The summed E-state index contributed by atoms with van der Waals surface area (Å²) in [6.45, 7) is 3.28. The van der Waals surface area contributed by atoms with Crippen LogP contribution in [0.15, 0.2) is 72.0 Å². The first-order valence-corrected chi connectivity index (χ1v) is 9.52. The van der Waals surface area contributed by atoms with Crippen LogP contribution in [0.4, 0.5) is 0 Å². The number of benzene rings is 2. The Hall–Kier alpha value is -2.75. The number of rotatable bonds is 8. The third-order valence-electron chi connectivity index (χ3n) is 4.34. The lowest BCUT2D eigenvalue weighted by Gasteiger charge is -2.19. The molecule has 3 aromatic rings. The van der Waals surface area contributed by atoms with Crippen LogP contribution >= 0.6 is 24.0 Å². The Labute approximate surface area is 194 Å². The molecule has 1 heterocycles. The second-order valence-electron chi connectivity index (χ2n) is 6.50. The second kappa shape index (κ2) is 12.1. The molecule has 3 rings (SSSR count). The van der Waals surface area contributed by atoms with Gasteiger partial charge in [-0.2, -0.15) is 5.10 Å². The summed E-state index contributed by atoms with van der Waals surface area (Å²) in [5.74, 6) is 2.17. The normalized spacial score (nSPS) is 11.9. The molecule has 7 nitrogen and oxygen atoms in total. The molecule has 2 aromatic carbocycles. The van der Waals surface area contributed by atoms with Crippen molar-refractivity contribution < 1.29 is 9.47 Å². The van der Waals surface area contributed by atoms with Gasteiger partial charge in [-0.25, -0.2) is 4.68 Å². The van der Waals surface area contributed by atoms with E-state index in [1.807, 2.05) is 60.3 Å². The summed E-state index contributed by atoms with van der Waals surface area (Å²) in [4.78, 5) is 4.27. The first kappa shape index (κ1) is 23.5. The summed E-state index contributed by atoms with van der Waals surface area (Å²) < 4.78 is 13.1. The van der Waals surface area contributed by atoms with Gasteiger partial charge >= 0.3 is 0 Å². The molecule has 30 heavy (non-hydrogen) atoms. The maximum Gasteiger partial charge on any atom is 0.191 e. The van der Waals surface area contributed by atoms with Crippen molar-refractivity contribution in [2.45, 2.75) is 19.6 Å². The van der Waals surface area contributed by atoms with Gasteiger partial charge < -0.3 is 20.1 Å². The highest BCUT2D eigenvalue weighted by Gasteiger charge is 2.09. The molecule has 0 spiro atoms. The predicted octanol–water partition coefficient (Wildman–Crippen LogP) is 3.63. The topological polar surface area (TPSA) is 72.7 Å². The maximum absolute atomic E-state index is 5.96. The third-order valence-corrected chi connectivity index (χ3v) is 4.34. The molecule has 1 unspecified atom stereocenters. The largest absolute Gasteiger partial charge is 0.493 e. The monoisotopic (exact) mass is 521 g/mol. The minimum Gasteiger partial charge on any atom is -0.493 e. The van der Waals surface area contributed by atoms with E-state index >= 15 is 0 Å². The zero-order chi connectivity index (χ0) is 20.5. The van der Waals surface area contributed by atoms with Crippen LogP contribution in [0.2, 0.25) is 0 Å². The molecule has 1 atom stereocenters. The van der Waals surface area contributed by atoms with E-state index in [-0.39, 0.29) is 30.1 Å². The summed E-state index contributed by atoms with van der Waals surface area (Å²) in [5.41, 5.74) is 2.19. The molecule has 0 saturated carbocycles. The zero-order valence-corrected chi connectivity index (χ0v) is 19.7. The Morgan fingerprint density at radius 1 is 1.07 bits per heavy atom. The smallest absolute Gasteiger partial charge is 0.191 e. The maximum atomic E-state index is 5.96. The molecule has 160 valence electrons. The van der Waals surface area contributed by atoms with Crippen LogP contribution in [-0.2, 0) is 6.54 Å². The quantitative estimate of drug-likeness (QED) is 0.269. The van der Waals surface area contributed by atoms with Crippen molar-refractivity contribution in [3.8, 4) is 17.2 Å². The number of nitrogens with one attached hydrogen (secondary N) is 2. The van der Waals surface area contributed by atoms with Crippen LogP contribution < -0.4 is 20.1 Å². The van der Waals surface area contributed by atoms with Crippen LogP contribution in [0.25, 0.3) is 5.69 Å². The number of aliphatic imine (C=N–C) groups is 1. The highest BCUT2D eigenvalue weighted by atomic mass is 127. The van der Waals surface area contributed by atoms with Gasteiger partial charge in [0.2, 0.25) is 0 Å². The van der Waals surface area contributed by atoms with Gasteiger partial charge in [-0.05, 0) is 42.8 Å². The van der Waals surface area contributed by atoms with Gasteiger partial charge in [-0.3, -0.25) is 4.99 Å². The Morgan fingerprint density at radius 2 is 1.80 bits per heavy atom. The van der Waals surface area contributed by atoms with Gasteiger partial charge in [0.25, 0.3) is 0 Å². The van der Waals surface area contributed by atoms with Gasteiger partial charge in [0.05, 0.1) is 19.3 Å². The lowest BCUT2D eigenvalue weighted by Crippen LogP contribution is -2.41. The van der Waals surface area contributed by atoms with E-state index in [1.165, 1.54) is 0 Å². The van der Waals surface area contributed by atoms with Crippen LogP contribution in [0.3, 0.4) is 0 Å². The first-order valence-electron chi connectivity index (χ1n) is 9.52. The van der Waals surface area contributed by atoms with Crippen molar-refractivity contribution in [2.24, 2.45) is 4.99 Å². The zero-order valence-electron chi connectivity index (χ0n) is 17.4. The van der Waals surface area contributed by atoms with Crippen LogP contribution in [0.1, 0.15) is 12.5 Å². The van der Waals surface area contributed by atoms with Gasteiger partial charge in [0.1, 0.15) is 6.10 Å². The fraction of sp³-hybridized carbons (Fsp3) is 0.273. The van der Waals surface area contributed by atoms with Crippen molar-refractivity contribution in [3.63, 3.8) is 0 Å². The summed E-state index contributed by atoms with van der Waals surface area (Å²) in [6.07, 6.45) is 3.63. The Bertz CT molecular complexity index is 914. The van der Waals surface area contributed by atoms with Gasteiger partial charge in [0.15, 0.2) is 17.5 Å². The summed E-state index contributed by atoms with van der Waals surface area (Å²) in [6, 6.07) is 17.8. The van der Waals surface area contributed by atoms with Crippen molar-refractivity contribution in [3.05, 3.63) is 72.6 Å². The highest BCUT2D eigenvalue weighted by molar-refractivity contribution is 14.0. The Morgan fingerprint density at radius 3 is 2.43 bits per heavy atom. The van der Waals surface area contributed by atoms with Gasteiger partial charge in [0, 0.05) is 26.0 Å². The number of halogens is 1. The van der Waals surface area contributed by atoms with E-state index in [1.54, 1.807) is 20.4 Å². The predicted molar refractivity (Wildman–Crippen MR) is 130 cm³/mol. The third kappa shape index (κ3) is 6.65. The number of aromatic nitrogens is 2. The molecular formula is C22H28IN5O2. The number of ether oxygens (including phenoxy) is 2. The SMILES string of the molecule is CN=C(NCc1ccc(-n2cccn2)cc1)NCC(C)Oc1ccccc1OC.I. The van der Waals surface area contributed by atoms with E-state index in [9.17, 15) is 0 Å². The van der Waals surface area contributed by atoms with Crippen molar-refractivity contribution in [1.82, 2.24) is 20.4 Å². The lowest BCUT2D eigenvalue weighted by molar-refractivity contribution is 0.213. The average Bonchev–Trinajstić information content (AvgIpc) is 3.29. The molecule has 1 aromatic heterocycles. The van der Waals surface area contributed by atoms with Crippen molar-refractivity contribution in [2.75, 3.05) is 20.7 Å². The molecule has 0 radical (unpaired) electrons.